The number of hydrogen-bond acceptors (Lipinski definition) is 5. The van der Waals surface area contributed by atoms with Crippen molar-refractivity contribution >= 4 is 23.3 Å². The van der Waals surface area contributed by atoms with E-state index in [1.54, 1.807) is 0 Å². The number of rotatable bonds is 4. The van der Waals surface area contributed by atoms with E-state index in [0.29, 0.717) is 6.54 Å². The van der Waals surface area contributed by atoms with Crippen LogP contribution < -0.4 is 4.57 Å². The summed E-state index contributed by atoms with van der Waals surface area (Å²) in [5.41, 5.74) is 1.77. The van der Waals surface area contributed by atoms with Gasteiger partial charge in [0.05, 0.1) is 19.6 Å². The maximum Gasteiger partial charge on any atom is 0.345 e. The molecule has 0 atom stereocenters. The van der Waals surface area contributed by atoms with Gasteiger partial charge in [-0.25, -0.2) is 9.59 Å². The lowest BCUT2D eigenvalue weighted by atomic mass is 10.2. The number of aromatic nitrogens is 1. The average Bonchev–Trinajstić information content (AvgIpc) is 2.81. The molecule has 0 aliphatic heterocycles. The van der Waals surface area contributed by atoms with Crippen LogP contribution in [-0.2, 0) is 25.6 Å². The molecule has 86 valence electrons. The third-order valence-corrected chi connectivity index (χ3v) is 2.52. The van der Waals surface area contributed by atoms with Crippen molar-refractivity contribution in [1.82, 2.24) is 0 Å². The molecule has 1 aromatic rings. The first-order valence-electron chi connectivity index (χ1n) is 4.47. The van der Waals surface area contributed by atoms with Crippen molar-refractivity contribution in [2.75, 3.05) is 14.2 Å². The fourth-order valence-electron chi connectivity index (χ4n) is 1.03. The first-order valence-corrected chi connectivity index (χ1v) is 5.41. The topological polar surface area (TPSA) is 56.5 Å². The molecule has 0 amide bonds. The minimum Gasteiger partial charge on any atom is -0.465 e. The van der Waals surface area contributed by atoms with Crippen LogP contribution in [0.2, 0.25) is 0 Å². The number of thiazole rings is 1. The van der Waals surface area contributed by atoms with Gasteiger partial charge in [-0.3, -0.25) is 0 Å². The summed E-state index contributed by atoms with van der Waals surface area (Å²) >= 11 is 1.52. The summed E-state index contributed by atoms with van der Waals surface area (Å²) in [7, 11) is 2.44. The second-order valence-corrected chi connectivity index (χ2v) is 3.58. The van der Waals surface area contributed by atoms with Gasteiger partial charge in [-0.2, -0.15) is 4.57 Å². The number of nitrogens with zero attached hydrogens (tertiary/aromatic N) is 1. The van der Waals surface area contributed by atoms with Crippen LogP contribution in [0.5, 0.6) is 0 Å². The Morgan fingerprint density at radius 3 is 2.38 bits per heavy atom. The number of ether oxygens (including phenoxy) is 2. The van der Waals surface area contributed by atoms with Gasteiger partial charge in [0.2, 0.25) is 5.51 Å². The summed E-state index contributed by atoms with van der Waals surface area (Å²) in [5, 5.41) is 1.89. The first kappa shape index (κ1) is 12.4. The van der Waals surface area contributed by atoms with E-state index in [9.17, 15) is 9.59 Å². The van der Waals surface area contributed by atoms with Crippen LogP contribution in [0.15, 0.2) is 28.7 Å². The normalized spacial score (nSPS) is 9.38. The van der Waals surface area contributed by atoms with Crippen LogP contribution in [0, 0.1) is 0 Å². The average molecular weight is 242 g/mol. The van der Waals surface area contributed by atoms with Crippen molar-refractivity contribution in [3.05, 3.63) is 28.7 Å². The van der Waals surface area contributed by atoms with Gasteiger partial charge in [0, 0.05) is 6.08 Å². The SMILES string of the molecule is COC(=O)C(=CC[n+]1ccsc1)C(=O)OC. The molecule has 0 saturated carbocycles. The van der Waals surface area contributed by atoms with Crippen LogP contribution in [0.4, 0.5) is 0 Å². The summed E-state index contributed by atoms with van der Waals surface area (Å²) in [6.45, 7) is 0.420. The molecular weight excluding hydrogens is 230 g/mol. The highest BCUT2D eigenvalue weighted by Crippen LogP contribution is 2.00. The second kappa shape index (κ2) is 6.02. The molecule has 0 aliphatic carbocycles. The van der Waals surface area contributed by atoms with Crippen molar-refractivity contribution in [1.29, 1.82) is 0 Å². The maximum atomic E-state index is 11.3. The minimum absolute atomic E-state index is 0.0938. The molecule has 6 heteroatoms. The molecule has 0 spiro atoms. The highest BCUT2D eigenvalue weighted by atomic mass is 32.1. The van der Waals surface area contributed by atoms with Crippen LogP contribution in [-0.4, -0.2) is 26.2 Å². The van der Waals surface area contributed by atoms with Gasteiger partial charge < -0.3 is 9.47 Å². The van der Waals surface area contributed by atoms with Crippen molar-refractivity contribution < 1.29 is 23.6 Å². The van der Waals surface area contributed by atoms with E-state index in [1.165, 1.54) is 31.6 Å². The number of carbonyl (C=O) groups is 2. The Morgan fingerprint density at radius 1 is 1.31 bits per heavy atom. The van der Waals surface area contributed by atoms with Gasteiger partial charge in [0.15, 0.2) is 12.7 Å². The minimum atomic E-state index is -0.692. The summed E-state index contributed by atoms with van der Waals surface area (Å²) in [4.78, 5) is 22.5. The Hall–Kier alpha value is -1.69. The molecule has 1 heterocycles. The van der Waals surface area contributed by atoms with Gasteiger partial charge in [-0.15, -0.1) is 0 Å². The van der Waals surface area contributed by atoms with E-state index >= 15 is 0 Å². The van der Waals surface area contributed by atoms with E-state index in [0.717, 1.165) is 0 Å². The molecule has 0 aromatic carbocycles. The summed E-state index contributed by atoms with van der Waals surface area (Å²) in [6, 6.07) is 0. The number of carbonyl (C=O) groups excluding carboxylic acids is 2. The van der Waals surface area contributed by atoms with Crippen LogP contribution in [0.1, 0.15) is 0 Å². The van der Waals surface area contributed by atoms with Gasteiger partial charge >= 0.3 is 11.9 Å². The van der Waals surface area contributed by atoms with Crippen LogP contribution >= 0.6 is 11.3 Å². The molecule has 0 N–H and O–H groups in total. The zero-order valence-corrected chi connectivity index (χ0v) is 9.82. The van der Waals surface area contributed by atoms with Crippen molar-refractivity contribution in [3.8, 4) is 0 Å². The lowest BCUT2D eigenvalue weighted by Gasteiger charge is -2.01. The molecule has 5 nitrogen and oxygen atoms in total. The highest BCUT2D eigenvalue weighted by molar-refractivity contribution is 7.07. The van der Waals surface area contributed by atoms with E-state index in [-0.39, 0.29) is 5.57 Å². The van der Waals surface area contributed by atoms with Crippen LogP contribution in [0.3, 0.4) is 0 Å². The molecule has 0 saturated heterocycles. The predicted molar refractivity (Wildman–Crippen MR) is 56.6 cm³/mol. The summed E-state index contributed by atoms with van der Waals surface area (Å²) in [5.74, 6) is -1.38. The lowest BCUT2D eigenvalue weighted by molar-refractivity contribution is -0.682. The number of esters is 2. The second-order valence-electron chi connectivity index (χ2n) is 2.82. The molecule has 0 aliphatic rings. The number of allylic oxidation sites excluding steroid dienone is 1. The molecule has 1 aromatic heterocycles. The molecule has 0 bridgehead atoms. The van der Waals surface area contributed by atoms with Crippen LogP contribution in [0.25, 0.3) is 0 Å². The monoisotopic (exact) mass is 242 g/mol. The zero-order valence-electron chi connectivity index (χ0n) is 9.00. The molecule has 0 fully saturated rings. The fourth-order valence-corrected chi connectivity index (χ4v) is 1.64. The molecule has 1 rings (SSSR count). The van der Waals surface area contributed by atoms with E-state index in [4.69, 9.17) is 0 Å². The van der Waals surface area contributed by atoms with Gasteiger partial charge in [0.25, 0.3) is 0 Å². The molecule has 16 heavy (non-hydrogen) atoms. The smallest absolute Gasteiger partial charge is 0.345 e. The van der Waals surface area contributed by atoms with Gasteiger partial charge in [-0.1, -0.05) is 11.3 Å². The Balaban J connectivity index is 2.80. The van der Waals surface area contributed by atoms with E-state index in [2.05, 4.69) is 9.47 Å². The van der Waals surface area contributed by atoms with Gasteiger partial charge in [0.1, 0.15) is 5.57 Å². The van der Waals surface area contributed by atoms with E-state index < -0.39 is 11.9 Å². The van der Waals surface area contributed by atoms with Gasteiger partial charge in [-0.05, 0) is 0 Å². The largest absolute Gasteiger partial charge is 0.465 e. The quantitative estimate of drug-likeness (QED) is 0.251. The molecule has 0 unspecified atom stereocenters. The van der Waals surface area contributed by atoms with Crippen molar-refractivity contribution in [3.63, 3.8) is 0 Å². The lowest BCUT2D eigenvalue weighted by Crippen LogP contribution is -2.30. The molecule has 0 radical (unpaired) electrons. The summed E-state index contributed by atoms with van der Waals surface area (Å²) < 4.78 is 10.8. The number of hydrogen-bond donors (Lipinski definition) is 0. The Morgan fingerprint density at radius 2 is 1.94 bits per heavy atom. The summed E-state index contributed by atoms with van der Waals surface area (Å²) in [6.07, 6.45) is 3.32. The Bertz CT molecular complexity index is 379. The third-order valence-electron chi connectivity index (χ3n) is 1.84. The first-order chi connectivity index (χ1) is 7.69. The standard InChI is InChI=1S/C10H12NO4S/c1-14-9(12)8(10(13)15-2)3-4-11-5-6-16-7-11/h3,5-7H,4H2,1-2H3/q+1. The van der Waals surface area contributed by atoms with Crippen molar-refractivity contribution in [2.45, 2.75) is 6.54 Å². The maximum absolute atomic E-state index is 11.3. The highest BCUT2D eigenvalue weighted by Gasteiger charge is 2.20. The zero-order chi connectivity index (χ0) is 12.0. The fraction of sp³-hybridized carbons (Fsp3) is 0.300. The predicted octanol–water partition coefficient (Wildman–Crippen LogP) is 0.308. The Labute approximate surface area is 96.9 Å². The van der Waals surface area contributed by atoms with Crippen molar-refractivity contribution in [2.24, 2.45) is 0 Å². The molecular formula is C10H12NO4S+. The number of methoxy groups -OCH3 is 2. The van der Waals surface area contributed by atoms with E-state index in [1.807, 2.05) is 21.7 Å². The Kier molecular flexibility index (Phi) is 4.65. The third kappa shape index (κ3) is 3.16.